The van der Waals surface area contributed by atoms with Crippen LogP contribution in [0.1, 0.15) is 6.92 Å². The van der Waals surface area contributed by atoms with Crippen molar-refractivity contribution in [2.24, 2.45) is 5.92 Å². The summed E-state index contributed by atoms with van der Waals surface area (Å²) in [5, 5.41) is 11.4. The van der Waals surface area contributed by atoms with Crippen molar-refractivity contribution in [2.45, 2.75) is 6.92 Å². The Morgan fingerprint density at radius 3 is 2.50 bits per heavy atom. The lowest BCUT2D eigenvalue weighted by Gasteiger charge is -2.19. The molecule has 1 atom stereocenters. The fourth-order valence-corrected chi connectivity index (χ4v) is 1.71. The zero-order chi connectivity index (χ0) is 13.9. The van der Waals surface area contributed by atoms with Gasteiger partial charge < -0.3 is 15.3 Å². The molecule has 1 unspecified atom stereocenters. The van der Waals surface area contributed by atoms with E-state index in [0.717, 1.165) is 10.2 Å². The summed E-state index contributed by atoms with van der Waals surface area (Å²) in [5.41, 5.74) is 1.39. The van der Waals surface area contributed by atoms with Crippen LogP contribution in [-0.2, 0) is 9.59 Å². The smallest absolute Gasteiger partial charge is 0.315 e. The Morgan fingerprint density at radius 1 is 1.39 bits per heavy atom. The lowest BCUT2D eigenvalue weighted by atomic mass is 10.1. The minimum atomic E-state index is -1.14. The molecule has 0 aliphatic heterocycles. The van der Waals surface area contributed by atoms with E-state index in [-0.39, 0.29) is 0 Å². The van der Waals surface area contributed by atoms with E-state index in [1.165, 1.54) is 6.92 Å². The van der Waals surface area contributed by atoms with Crippen LogP contribution in [-0.4, -0.2) is 31.1 Å². The second-order valence-corrected chi connectivity index (χ2v) is 5.02. The number of rotatable bonds is 4. The van der Waals surface area contributed by atoms with Gasteiger partial charge in [0.05, 0.1) is 11.4 Å². The number of carboxylic acid groups (broad SMARTS) is 1. The molecule has 1 aromatic carbocycles. The first-order chi connectivity index (χ1) is 8.32. The molecule has 1 rings (SSSR count). The number of anilines is 2. The van der Waals surface area contributed by atoms with Crippen molar-refractivity contribution in [1.82, 2.24) is 0 Å². The molecule has 0 spiro atoms. The van der Waals surface area contributed by atoms with Crippen molar-refractivity contribution in [2.75, 3.05) is 24.3 Å². The van der Waals surface area contributed by atoms with Gasteiger partial charge in [0.15, 0.2) is 0 Å². The number of carboxylic acids is 1. The van der Waals surface area contributed by atoms with Crippen LogP contribution >= 0.6 is 15.9 Å². The highest BCUT2D eigenvalue weighted by Crippen LogP contribution is 2.28. The van der Waals surface area contributed by atoms with Crippen LogP contribution in [0.5, 0.6) is 0 Å². The molecule has 0 radical (unpaired) electrons. The molecule has 0 aromatic heterocycles. The van der Waals surface area contributed by atoms with E-state index in [1.54, 1.807) is 6.07 Å². The summed E-state index contributed by atoms with van der Waals surface area (Å²) < 4.78 is 0.811. The normalized spacial score (nSPS) is 11.8. The molecule has 6 heteroatoms. The average molecular weight is 315 g/mol. The third-order valence-corrected chi connectivity index (χ3v) is 2.96. The first-order valence-electron chi connectivity index (χ1n) is 5.33. The molecule has 1 amide bonds. The molecule has 2 N–H and O–H groups in total. The predicted molar refractivity (Wildman–Crippen MR) is 73.9 cm³/mol. The molecule has 18 heavy (non-hydrogen) atoms. The molecule has 0 fully saturated rings. The zero-order valence-electron chi connectivity index (χ0n) is 10.4. The zero-order valence-corrected chi connectivity index (χ0v) is 12.0. The Bertz CT molecular complexity index is 474. The number of halogens is 1. The predicted octanol–water partition coefficient (Wildman–Crippen LogP) is 2.17. The minimum absolute atomic E-state index is 0.538. The van der Waals surface area contributed by atoms with Gasteiger partial charge in [-0.15, -0.1) is 0 Å². The Morgan fingerprint density at radius 2 is 2.00 bits per heavy atom. The Kier molecular flexibility index (Phi) is 4.72. The fraction of sp³-hybridized carbons (Fsp3) is 0.333. The highest BCUT2D eigenvalue weighted by molar-refractivity contribution is 9.10. The van der Waals surface area contributed by atoms with Crippen LogP contribution < -0.4 is 10.2 Å². The average Bonchev–Trinajstić information content (AvgIpc) is 2.27. The van der Waals surface area contributed by atoms with Crippen molar-refractivity contribution < 1.29 is 14.7 Å². The molecular weight excluding hydrogens is 300 g/mol. The summed E-state index contributed by atoms with van der Waals surface area (Å²) in [7, 11) is 3.69. The van der Waals surface area contributed by atoms with E-state index in [0.29, 0.717) is 5.69 Å². The summed E-state index contributed by atoms with van der Waals surface area (Å²) in [6.07, 6.45) is 0. The SMILES string of the molecule is CC(C(=O)O)C(=O)Nc1cc(Br)ccc1N(C)C. The molecule has 0 saturated carbocycles. The van der Waals surface area contributed by atoms with Crippen LogP contribution in [0.2, 0.25) is 0 Å². The lowest BCUT2D eigenvalue weighted by molar-refractivity contribution is -0.144. The first kappa shape index (κ1) is 14.5. The Labute approximate surface area is 114 Å². The topological polar surface area (TPSA) is 69.6 Å². The number of hydrogen-bond donors (Lipinski definition) is 2. The Hall–Kier alpha value is -1.56. The molecule has 0 bridgehead atoms. The summed E-state index contributed by atoms with van der Waals surface area (Å²) in [4.78, 5) is 24.3. The number of aliphatic carboxylic acids is 1. The van der Waals surface area contributed by atoms with E-state index in [4.69, 9.17) is 5.11 Å². The molecule has 0 aliphatic rings. The first-order valence-corrected chi connectivity index (χ1v) is 6.12. The van der Waals surface area contributed by atoms with Gasteiger partial charge in [-0.3, -0.25) is 9.59 Å². The third kappa shape index (κ3) is 3.46. The van der Waals surface area contributed by atoms with Crippen molar-refractivity contribution in [3.05, 3.63) is 22.7 Å². The summed E-state index contributed by atoms with van der Waals surface area (Å²) >= 11 is 3.32. The number of carbonyl (C=O) groups excluding carboxylic acids is 1. The number of amides is 1. The van der Waals surface area contributed by atoms with Crippen LogP contribution in [0, 0.1) is 5.92 Å². The monoisotopic (exact) mass is 314 g/mol. The van der Waals surface area contributed by atoms with Crippen LogP contribution in [0.15, 0.2) is 22.7 Å². The maximum absolute atomic E-state index is 11.7. The summed E-state index contributed by atoms with van der Waals surface area (Å²) in [6.45, 7) is 1.35. The highest BCUT2D eigenvalue weighted by atomic mass is 79.9. The number of benzene rings is 1. The number of hydrogen-bond acceptors (Lipinski definition) is 3. The van der Waals surface area contributed by atoms with E-state index in [9.17, 15) is 9.59 Å². The number of nitrogens with zero attached hydrogens (tertiary/aromatic N) is 1. The van der Waals surface area contributed by atoms with E-state index in [1.807, 2.05) is 31.1 Å². The molecular formula is C12H15BrN2O3. The Balaban J connectivity index is 2.99. The van der Waals surface area contributed by atoms with E-state index in [2.05, 4.69) is 21.2 Å². The van der Waals surface area contributed by atoms with Crippen LogP contribution in [0.4, 0.5) is 11.4 Å². The second-order valence-electron chi connectivity index (χ2n) is 4.11. The quantitative estimate of drug-likeness (QED) is 0.836. The summed E-state index contributed by atoms with van der Waals surface area (Å²) in [6, 6.07) is 5.43. The maximum Gasteiger partial charge on any atom is 0.315 e. The van der Waals surface area contributed by atoms with E-state index < -0.39 is 17.8 Å². The van der Waals surface area contributed by atoms with Gasteiger partial charge in [-0.1, -0.05) is 15.9 Å². The molecule has 1 aromatic rings. The van der Waals surface area contributed by atoms with Crippen molar-refractivity contribution >= 4 is 39.2 Å². The van der Waals surface area contributed by atoms with Gasteiger partial charge in [0, 0.05) is 18.6 Å². The van der Waals surface area contributed by atoms with E-state index >= 15 is 0 Å². The molecule has 98 valence electrons. The standard InChI is InChI=1S/C12H15BrN2O3/c1-7(12(17)18)11(16)14-9-6-8(13)4-5-10(9)15(2)3/h4-7H,1-3H3,(H,14,16)(H,17,18). The van der Waals surface area contributed by atoms with Gasteiger partial charge in [0.2, 0.25) is 5.91 Å². The lowest BCUT2D eigenvalue weighted by Crippen LogP contribution is -2.27. The molecule has 0 saturated heterocycles. The fourth-order valence-electron chi connectivity index (χ4n) is 1.35. The maximum atomic E-state index is 11.7. The second kappa shape index (κ2) is 5.86. The van der Waals surface area contributed by atoms with Crippen molar-refractivity contribution in [3.63, 3.8) is 0 Å². The third-order valence-electron chi connectivity index (χ3n) is 2.46. The summed E-state index contributed by atoms with van der Waals surface area (Å²) in [5.74, 6) is -2.77. The van der Waals surface area contributed by atoms with Gasteiger partial charge >= 0.3 is 5.97 Å². The highest BCUT2D eigenvalue weighted by Gasteiger charge is 2.21. The molecule has 0 heterocycles. The van der Waals surface area contributed by atoms with Gasteiger partial charge in [0.1, 0.15) is 5.92 Å². The minimum Gasteiger partial charge on any atom is -0.481 e. The molecule has 5 nitrogen and oxygen atoms in total. The van der Waals surface area contributed by atoms with Gasteiger partial charge in [-0.05, 0) is 25.1 Å². The van der Waals surface area contributed by atoms with Crippen molar-refractivity contribution in [3.8, 4) is 0 Å². The van der Waals surface area contributed by atoms with Gasteiger partial charge in [0.25, 0.3) is 0 Å². The van der Waals surface area contributed by atoms with Crippen LogP contribution in [0.3, 0.4) is 0 Å². The van der Waals surface area contributed by atoms with Crippen LogP contribution in [0.25, 0.3) is 0 Å². The number of nitrogens with one attached hydrogen (secondary N) is 1. The van der Waals surface area contributed by atoms with Gasteiger partial charge in [-0.2, -0.15) is 0 Å². The molecule has 0 aliphatic carbocycles. The van der Waals surface area contributed by atoms with Crippen molar-refractivity contribution in [1.29, 1.82) is 0 Å². The largest absolute Gasteiger partial charge is 0.481 e. The number of carbonyl (C=O) groups is 2. The van der Waals surface area contributed by atoms with Gasteiger partial charge in [-0.25, -0.2) is 0 Å².